The molecule has 3 atom stereocenters. The monoisotopic (exact) mass is 482 g/mol. The van der Waals surface area contributed by atoms with E-state index >= 15 is 0 Å². The fraction of sp³-hybridized carbons (Fsp3) is 0.455. The predicted molar refractivity (Wildman–Crippen MR) is 119 cm³/mol. The number of aromatic amines is 1. The first-order valence-electron chi connectivity index (χ1n) is 10.3. The maximum Gasteiger partial charge on any atom is 0.330 e. The van der Waals surface area contributed by atoms with Gasteiger partial charge >= 0.3 is 11.7 Å². The van der Waals surface area contributed by atoms with Gasteiger partial charge in [-0.15, -0.1) is 0 Å². The lowest BCUT2D eigenvalue weighted by molar-refractivity contribution is -0.149. The van der Waals surface area contributed by atoms with Crippen molar-refractivity contribution in [1.29, 1.82) is 0 Å². The van der Waals surface area contributed by atoms with Gasteiger partial charge in [-0.3, -0.25) is 23.9 Å². The van der Waals surface area contributed by atoms with Crippen LogP contribution in [0.3, 0.4) is 0 Å². The molecule has 1 saturated heterocycles. The zero-order valence-corrected chi connectivity index (χ0v) is 19.2. The number of rotatable bonds is 8. The summed E-state index contributed by atoms with van der Waals surface area (Å²) in [6.07, 6.45) is 0.701. The first-order valence-corrected chi connectivity index (χ1v) is 11.1. The van der Waals surface area contributed by atoms with Crippen molar-refractivity contribution in [3.8, 4) is 0 Å². The summed E-state index contributed by atoms with van der Waals surface area (Å²) in [6, 6.07) is 5.05. The van der Waals surface area contributed by atoms with Crippen molar-refractivity contribution >= 4 is 35.0 Å². The number of carbonyl (C=O) groups is 2. The number of halogens is 2. The van der Waals surface area contributed by atoms with Crippen molar-refractivity contribution in [2.24, 2.45) is 0 Å². The lowest BCUT2D eigenvalue weighted by atomic mass is 10.0. The van der Waals surface area contributed by atoms with Crippen LogP contribution in [0.1, 0.15) is 50.5 Å². The SMILES string of the molecule is CCc1cn([C@H]2C[C@H](OC(C)=O)[C@@H](CCC(=O)Cc3c(Cl)cccc3Cl)O2)c(=O)[nH]c1=O. The predicted octanol–water partition coefficient (Wildman–Crippen LogP) is 3.22. The molecular weight excluding hydrogens is 459 g/mol. The van der Waals surface area contributed by atoms with E-state index in [1.54, 1.807) is 25.1 Å². The van der Waals surface area contributed by atoms with Gasteiger partial charge in [-0.1, -0.05) is 36.2 Å². The number of ether oxygens (including phenoxy) is 2. The number of Topliss-reactive ketones (excluding diaryl/α,β-unsaturated/α-hetero) is 1. The Balaban J connectivity index is 1.72. The first-order chi connectivity index (χ1) is 15.2. The Hall–Kier alpha value is -2.42. The lowest BCUT2D eigenvalue weighted by Gasteiger charge is -2.18. The molecule has 1 aromatic heterocycles. The molecule has 0 bridgehead atoms. The Labute approximate surface area is 194 Å². The lowest BCUT2D eigenvalue weighted by Crippen LogP contribution is -2.34. The van der Waals surface area contributed by atoms with E-state index in [1.165, 1.54) is 17.7 Å². The fourth-order valence-corrected chi connectivity index (χ4v) is 4.28. The second-order valence-corrected chi connectivity index (χ2v) is 8.46. The third-order valence-electron chi connectivity index (χ3n) is 5.37. The smallest absolute Gasteiger partial charge is 0.330 e. The number of aryl methyl sites for hydroxylation is 1. The van der Waals surface area contributed by atoms with Gasteiger partial charge in [0.15, 0.2) is 0 Å². The van der Waals surface area contributed by atoms with Crippen molar-refractivity contribution in [2.45, 2.75) is 64.4 Å². The summed E-state index contributed by atoms with van der Waals surface area (Å²) in [6.45, 7) is 3.09. The van der Waals surface area contributed by atoms with Crippen LogP contribution in [-0.4, -0.2) is 33.5 Å². The average molecular weight is 483 g/mol. The molecule has 0 spiro atoms. The van der Waals surface area contributed by atoms with E-state index in [0.717, 1.165) is 0 Å². The summed E-state index contributed by atoms with van der Waals surface area (Å²) in [7, 11) is 0. The molecule has 1 aliphatic rings. The van der Waals surface area contributed by atoms with Gasteiger partial charge in [0.1, 0.15) is 18.1 Å². The number of hydrogen-bond donors (Lipinski definition) is 1. The van der Waals surface area contributed by atoms with E-state index in [-0.39, 0.29) is 31.5 Å². The maximum absolute atomic E-state index is 12.6. The summed E-state index contributed by atoms with van der Waals surface area (Å²) in [5, 5.41) is 0.843. The van der Waals surface area contributed by atoms with Crippen LogP contribution in [0.2, 0.25) is 10.0 Å². The normalized spacial score (nSPS) is 20.3. The van der Waals surface area contributed by atoms with E-state index in [0.29, 0.717) is 27.6 Å². The number of aromatic nitrogens is 2. The van der Waals surface area contributed by atoms with Crippen LogP contribution in [0.15, 0.2) is 34.0 Å². The van der Waals surface area contributed by atoms with Gasteiger partial charge in [-0.2, -0.15) is 0 Å². The van der Waals surface area contributed by atoms with E-state index in [9.17, 15) is 19.2 Å². The number of H-pyrrole nitrogens is 1. The Morgan fingerprint density at radius 3 is 2.56 bits per heavy atom. The zero-order valence-electron chi connectivity index (χ0n) is 17.7. The summed E-state index contributed by atoms with van der Waals surface area (Å²) >= 11 is 12.3. The Morgan fingerprint density at radius 2 is 1.94 bits per heavy atom. The molecule has 2 heterocycles. The molecule has 0 amide bonds. The molecule has 0 aliphatic carbocycles. The molecule has 1 N–H and O–H groups in total. The van der Waals surface area contributed by atoms with Gasteiger partial charge in [0.25, 0.3) is 5.56 Å². The molecule has 0 unspecified atom stereocenters. The van der Waals surface area contributed by atoms with Gasteiger partial charge in [0, 0.05) is 48.0 Å². The highest BCUT2D eigenvalue weighted by atomic mass is 35.5. The number of nitrogens with one attached hydrogen (secondary N) is 1. The highest BCUT2D eigenvalue weighted by molar-refractivity contribution is 6.36. The second-order valence-electron chi connectivity index (χ2n) is 7.64. The van der Waals surface area contributed by atoms with Crippen molar-refractivity contribution in [3.63, 3.8) is 0 Å². The van der Waals surface area contributed by atoms with Gasteiger partial charge in [0.05, 0.1) is 6.10 Å². The van der Waals surface area contributed by atoms with Crippen LogP contribution in [0.4, 0.5) is 0 Å². The maximum atomic E-state index is 12.6. The zero-order chi connectivity index (χ0) is 23.4. The molecule has 2 aromatic rings. The average Bonchev–Trinajstić information content (AvgIpc) is 3.11. The summed E-state index contributed by atoms with van der Waals surface area (Å²) in [5.74, 6) is -0.579. The van der Waals surface area contributed by atoms with Crippen molar-refractivity contribution < 1.29 is 19.1 Å². The number of carbonyl (C=O) groups excluding carboxylic acids is 2. The standard InChI is InChI=1S/C22H24Cl2N2O6/c1-3-13-11-26(22(30)25-21(13)29)20-10-19(31-12(2)27)18(32-20)8-7-14(28)9-15-16(23)5-4-6-17(15)24/h4-6,11,18-20H,3,7-10H2,1-2H3,(H,25,29,30)/t18-,19+,20-/m1/s1. The molecule has 0 saturated carbocycles. The Bertz CT molecular complexity index is 1110. The third-order valence-corrected chi connectivity index (χ3v) is 6.08. The fourth-order valence-electron chi connectivity index (χ4n) is 3.75. The summed E-state index contributed by atoms with van der Waals surface area (Å²) in [4.78, 5) is 50.6. The number of ketones is 1. The largest absolute Gasteiger partial charge is 0.460 e. The number of esters is 1. The van der Waals surface area contributed by atoms with Gasteiger partial charge in [0.2, 0.25) is 0 Å². The van der Waals surface area contributed by atoms with Crippen LogP contribution in [0, 0.1) is 0 Å². The van der Waals surface area contributed by atoms with Crippen LogP contribution in [0.5, 0.6) is 0 Å². The number of benzene rings is 1. The van der Waals surface area contributed by atoms with Crippen LogP contribution in [-0.2, 0) is 31.9 Å². The number of nitrogens with zero attached hydrogens (tertiary/aromatic N) is 1. The van der Waals surface area contributed by atoms with E-state index < -0.39 is 35.7 Å². The highest BCUT2D eigenvalue weighted by Gasteiger charge is 2.39. The van der Waals surface area contributed by atoms with Crippen molar-refractivity contribution in [3.05, 3.63) is 66.4 Å². The van der Waals surface area contributed by atoms with Crippen molar-refractivity contribution in [2.75, 3.05) is 0 Å². The molecule has 0 radical (unpaired) electrons. The third kappa shape index (κ3) is 5.68. The van der Waals surface area contributed by atoms with Crippen LogP contribution in [0.25, 0.3) is 0 Å². The molecule has 172 valence electrons. The van der Waals surface area contributed by atoms with E-state index in [2.05, 4.69) is 4.98 Å². The molecule has 10 heteroatoms. The summed E-state index contributed by atoms with van der Waals surface area (Å²) in [5.41, 5.74) is -0.0468. The van der Waals surface area contributed by atoms with Gasteiger partial charge in [-0.05, 0) is 30.5 Å². The molecule has 1 aromatic carbocycles. The van der Waals surface area contributed by atoms with Gasteiger partial charge < -0.3 is 9.47 Å². The molecule has 32 heavy (non-hydrogen) atoms. The minimum Gasteiger partial charge on any atom is -0.460 e. The molecule has 1 aliphatic heterocycles. The minimum absolute atomic E-state index is 0.0755. The van der Waals surface area contributed by atoms with Crippen molar-refractivity contribution in [1.82, 2.24) is 9.55 Å². The Morgan fingerprint density at radius 1 is 1.25 bits per heavy atom. The molecule has 1 fully saturated rings. The first kappa shape index (κ1) is 24.2. The topological polar surface area (TPSA) is 107 Å². The number of hydrogen-bond acceptors (Lipinski definition) is 6. The van der Waals surface area contributed by atoms with E-state index in [1.807, 2.05) is 0 Å². The minimum atomic E-state index is -0.730. The molecular formula is C22H24Cl2N2O6. The van der Waals surface area contributed by atoms with Crippen LogP contribution >= 0.6 is 23.2 Å². The highest BCUT2D eigenvalue weighted by Crippen LogP contribution is 2.33. The Kier molecular flexibility index (Phi) is 7.92. The van der Waals surface area contributed by atoms with Gasteiger partial charge in [-0.25, -0.2) is 4.79 Å². The van der Waals surface area contributed by atoms with Crippen LogP contribution < -0.4 is 11.2 Å². The summed E-state index contributed by atoms with van der Waals surface area (Å²) < 4.78 is 12.7. The quantitative estimate of drug-likeness (QED) is 0.578. The van der Waals surface area contributed by atoms with E-state index in [4.69, 9.17) is 32.7 Å². The second kappa shape index (κ2) is 10.5. The molecule has 3 rings (SSSR count). The molecule has 8 nitrogen and oxygen atoms in total.